The summed E-state index contributed by atoms with van der Waals surface area (Å²) in [6.07, 6.45) is 9.86. The lowest BCUT2D eigenvalue weighted by Crippen LogP contribution is -2.39. The van der Waals surface area contributed by atoms with Crippen molar-refractivity contribution >= 4 is 0 Å². The molecule has 1 aliphatic heterocycles. The number of fused-ring (bicyclic) bond motifs is 4. The van der Waals surface area contributed by atoms with Crippen LogP contribution in [0.5, 0.6) is 11.5 Å². The Kier molecular flexibility index (Phi) is 4.27. The van der Waals surface area contributed by atoms with E-state index in [-0.39, 0.29) is 11.5 Å². The Bertz CT molecular complexity index is 665. The number of allylic oxidation sites excluding steroid dienone is 3. The lowest BCUT2D eigenvalue weighted by atomic mass is 9.73. The number of phenols is 1. The van der Waals surface area contributed by atoms with Crippen LogP contribution in [0.25, 0.3) is 0 Å². The van der Waals surface area contributed by atoms with Gasteiger partial charge in [0.25, 0.3) is 0 Å². The van der Waals surface area contributed by atoms with Crippen molar-refractivity contribution in [2.75, 3.05) is 0 Å². The number of aryl methyl sites for hydroxylation is 1. The molecule has 1 N–H and O–H groups in total. The first-order valence-electron chi connectivity index (χ1n) is 8.85. The molecule has 1 aromatic rings. The van der Waals surface area contributed by atoms with Gasteiger partial charge in [-0.25, -0.2) is 0 Å². The van der Waals surface area contributed by atoms with Crippen LogP contribution >= 0.6 is 0 Å². The maximum Gasteiger partial charge on any atom is 0.128 e. The summed E-state index contributed by atoms with van der Waals surface area (Å²) < 4.78 is 6.28. The first kappa shape index (κ1) is 16.2. The van der Waals surface area contributed by atoms with Crippen molar-refractivity contribution in [3.8, 4) is 11.5 Å². The molecule has 0 amide bonds. The highest BCUT2D eigenvalue weighted by atomic mass is 16.5. The molecular formula is C21H28O2. The first-order valence-corrected chi connectivity index (χ1v) is 8.85. The summed E-state index contributed by atoms with van der Waals surface area (Å²) in [5.74, 6) is 1.51. The molecule has 1 heterocycles. The predicted molar refractivity (Wildman–Crippen MR) is 95.2 cm³/mol. The van der Waals surface area contributed by atoms with E-state index >= 15 is 0 Å². The molecule has 1 aliphatic carbocycles. The van der Waals surface area contributed by atoms with Crippen LogP contribution in [0.15, 0.2) is 35.4 Å². The molecule has 2 atom stereocenters. The molecule has 0 radical (unpaired) electrons. The molecule has 0 saturated heterocycles. The van der Waals surface area contributed by atoms with Crippen molar-refractivity contribution in [1.29, 1.82) is 0 Å². The third kappa shape index (κ3) is 3.04. The maximum absolute atomic E-state index is 10.7. The van der Waals surface area contributed by atoms with Gasteiger partial charge in [-0.2, -0.15) is 0 Å². The van der Waals surface area contributed by atoms with Crippen molar-refractivity contribution in [2.24, 2.45) is 0 Å². The van der Waals surface area contributed by atoms with Crippen LogP contribution in [0, 0.1) is 0 Å². The second-order valence-electron chi connectivity index (χ2n) is 7.44. The number of ether oxygens (including phenoxy) is 1. The molecule has 0 saturated carbocycles. The van der Waals surface area contributed by atoms with Crippen molar-refractivity contribution in [2.45, 2.75) is 71.3 Å². The van der Waals surface area contributed by atoms with E-state index in [0.29, 0.717) is 5.75 Å². The molecule has 2 unspecified atom stereocenters. The maximum atomic E-state index is 10.7. The Morgan fingerprint density at radius 1 is 1.30 bits per heavy atom. The topological polar surface area (TPSA) is 29.5 Å². The van der Waals surface area contributed by atoms with Gasteiger partial charge in [-0.15, -0.1) is 0 Å². The highest BCUT2D eigenvalue weighted by molar-refractivity contribution is 5.57. The van der Waals surface area contributed by atoms with Crippen LogP contribution in [0.3, 0.4) is 0 Å². The number of benzene rings is 1. The lowest BCUT2D eigenvalue weighted by Gasteiger charge is -2.42. The summed E-state index contributed by atoms with van der Waals surface area (Å²) in [6.45, 7) is 8.64. The van der Waals surface area contributed by atoms with E-state index in [0.717, 1.165) is 30.6 Å². The number of hydrogen-bond donors (Lipinski definition) is 1. The number of phenolic OH excluding ortho intramolecular Hbond substituents is 1. The van der Waals surface area contributed by atoms with Gasteiger partial charge in [-0.3, -0.25) is 0 Å². The zero-order valence-electron chi connectivity index (χ0n) is 14.8. The SMILES string of the molecule is CCCCCc1cc(O)c2c(c1)OC1(C)C=CC(=C(C)C)C2C1. The second kappa shape index (κ2) is 6.07. The summed E-state index contributed by atoms with van der Waals surface area (Å²) in [6, 6.07) is 4.10. The highest BCUT2D eigenvalue weighted by Crippen LogP contribution is 2.52. The Morgan fingerprint density at radius 3 is 2.78 bits per heavy atom. The molecule has 0 fully saturated rings. The Balaban J connectivity index is 2.02. The largest absolute Gasteiger partial charge is 0.507 e. The van der Waals surface area contributed by atoms with Crippen molar-refractivity contribution < 1.29 is 9.84 Å². The zero-order valence-corrected chi connectivity index (χ0v) is 14.8. The second-order valence-corrected chi connectivity index (χ2v) is 7.44. The molecule has 23 heavy (non-hydrogen) atoms. The molecule has 0 spiro atoms. The summed E-state index contributed by atoms with van der Waals surface area (Å²) in [7, 11) is 0. The van der Waals surface area contributed by atoms with Crippen LogP contribution in [-0.4, -0.2) is 10.7 Å². The van der Waals surface area contributed by atoms with Crippen LogP contribution in [0.1, 0.15) is 70.4 Å². The van der Waals surface area contributed by atoms with Gasteiger partial charge in [0.2, 0.25) is 0 Å². The number of aromatic hydroxyl groups is 1. The standard InChI is InChI=1S/C21H28O2/c1-5-6-7-8-15-11-18(22)20-17-13-21(4,23-19(20)12-15)10-9-16(17)14(2)3/h9-12,17,22H,5-8,13H2,1-4H3. The molecule has 2 heteroatoms. The fourth-order valence-corrected chi connectivity index (χ4v) is 3.89. The van der Waals surface area contributed by atoms with Gasteiger partial charge in [0.15, 0.2) is 0 Å². The van der Waals surface area contributed by atoms with Gasteiger partial charge in [0.1, 0.15) is 17.1 Å². The molecule has 2 nitrogen and oxygen atoms in total. The lowest BCUT2D eigenvalue weighted by molar-refractivity contribution is 0.100. The fourth-order valence-electron chi connectivity index (χ4n) is 3.89. The van der Waals surface area contributed by atoms with Crippen LogP contribution in [0.2, 0.25) is 0 Å². The van der Waals surface area contributed by atoms with Crippen molar-refractivity contribution in [3.05, 3.63) is 46.6 Å². The van der Waals surface area contributed by atoms with Crippen LogP contribution < -0.4 is 4.74 Å². The molecule has 124 valence electrons. The quantitative estimate of drug-likeness (QED) is 0.727. The molecule has 0 aromatic heterocycles. The minimum Gasteiger partial charge on any atom is -0.507 e. The van der Waals surface area contributed by atoms with Crippen LogP contribution in [0.4, 0.5) is 0 Å². The third-order valence-corrected chi connectivity index (χ3v) is 5.12. The monoisotopic (exact) mass is 312 g/mol. The summed E-state index contributed by atoms with van der Waals surface area (Å²) in [4.78, 5) is 0. The highest BCUT2D eigenvalue weighted by Gasteiger charge is 2.41. The molecule has 2 bridgehead atoms. The minimum atomic E-state index is -0.259. The van der Waals surface area contributed by atoms with E-state index in [2.05, 4.69) is 45.9 Å². The Hall–Kier alpha value is -1.70. The van der Waals surface area contributed by atoms with Gasteiger partial charge < -0.3 is 9.84 Å². The molecule has 2 aliphatic rings. The molecular weight excluding hydrogens is 284 g/mol. The first-order chi connectivity index (χ1) is 10.9. The van der Waals surface area contributed by atoms with Gasteiger partial charge in [-0.1, -0.05) is 31.4 Å². The summed E-state index contributed by atoms with van der Waals surface area (Å²) in [5, 5.41) is 10.7. The van der Waals surface area contributed by atoms with Crippen molar-refractivity contribution in [3.63, 3.8) is 0 Å². The van der Waals surface area contributed by atoms with Crippen LogP contribution in [-0.2, 0) is 6.42 Å². The van der Waals surface area contributed by atoms with Gasteiger partial charge in [0, 0.05) is 17.9 Å². The number of unbranched alkanes of at least 4 members (excludes halogenated alkanes) is 2. The van der Waals surface area contributed by atoms with E-state index in [1.165, 1.54) is 29.6 Å². The normalized spacial score (nSPS) is 25.0. The average molecular weight is 312 g/mol. The zero-order chi connectivity index (χ0) is 16.6. The fraction of sp³-hybridized carbons (Fsp3) is 0.524. The van der Waals surface area contributed by atoms with E-state index in [1.54, 1.807) is 0 Å². The van der Waals surface area contributed by atoms with E-state index < -0.39 is 0 Å². The average Bonchev–Trinajstić information content (AvgIpc) is 2.46. The van der Waals surface area contributed by atoms with Crippen molar-refractivity contribution in [1.82, 2.24) is 0 Å². The van der Waals surface area contributed by atoms with E-state index in [4.69, 9.17) is 4.74 Å². The predicted octanol–water partition coefficient (Wildman–Crippen LogP) is 5.66. The smallest absolute Gasteiger partial charge is 0.128 e. The summed E-state index contributed by atoms with van der Waals surface area (Å²) >= 11 is 0. The van der Waals surface area contributed by atoms with Gasteiger partial charge in [-0.05, 0) is 63.0 Å². The van der Waals surface area contributed by atoms with E-state index in [9.17, 15) is 5.11 Å². The number of rotatable bonds is 4. The molecule has 1 aromatic carbocycles. The summed E-state index contributed by atoms with van der Waals surface area (Å²) in [5.41, 5.74) is 4.53. The van der Waals surface area contributed by atoms with Gasteiger partial charge in [0.05, 0.1) is 0 Å². The van der Waals surface area contributed by atoms with E-state index in [1.807, 2.05) is 6.07 Å². The third-order valence-electron chi connectivity index (χ3n) is 5.12. The Labute approximate surface area is 139 Å². The number of hydrogen-bond acceptors (Lipinski definition) is 2. The van der Waals surface area contributed by atoms with Gasteiger partial charge >= 0.3 is 0 Å². The molecule has 3 rings (SSSR count). The Morgan fingerprint density at radius 2 is 2.09 bits per heavy atom. The minimum absolute atomic E-state index is 0.239.